The number of rotatable bonds is 6. The van der Waals surface area contributed by atoms with E-state index in [1.165, 1.54) is 48.5 Å². The second-order valence-corrected chi connectivity index (χ2v) is 9.86. The summed E-state index contributed by atoms with van der Waals surface area (Å²) in [4.78, 5) is 25.2. The lowest BCUT2D eigenvalue weighted by atomic mass is 10.2. The van der Waals surface area contributed by atoms with Crippen LogP contribution in [0.4, 0.5) is 0 Å². The highest BCUT2D eigenvalue weighted by atomic mass is 32.2. The summed E-state index contributed by atoms with van der Waals surface area (Å²) in [5.41, 5.74) is -0.263. The summed E-state index contributed by atoms with van der Waals surface area (Å²) in [6, 6.07) is 41.1. The van der Waals surface area contributed by atoms with Crippen molar-refractivity contribution in [2.24, 2.45) is 0 Å². The van der Waals surface area contributed by atoms with Crippen LogP contribution in [0.5, 0.6) is 23.0 Å². The zero-order valence-electron chi connectivity index (χ0n) is 20.7. The third kappa shape index (κ3) is 7.50. The topological polar surface area (TPSA) is 86.7 Å². The van der Waals surface area contributed by atoms with Crippen molar-refractivity contribution in [1.82, 2.24) is 0 Å². The first-order valence-electron chi connectivity index (χ1n) is 11.9. The number of hydrogen-bond acceptors (Lipinski definition) is 6. The molecule has 0 spiro atoms. The van der Waals surface area contributed by atoms with Crippen molar-refractivity contribution in [2.45, 2.75) is 0 Å². The largest absolute Gasteiger partial charge is 0.457 e. The van der Waals surface area contributed by atoms with Gasteiger partial charge >= 0.3 is 0 Å². The van der Waals surface area contributed by atoms with Crippen molar-refractivity contribution < 1.29 is 27.5 Å². The van der Waals surface area contributed by atoms with Crippen molar-refractivity contribution >= 4 is 20.1 Å². The van der Waals surface area contributed by atoms with Crippen LogP contribution in [-0.2, 0) is 9.84 Å². The molecule has 0 unspecified atom stereocenters. The number of carbonyl (C=O) groups is 2. The Balaban J connectivity index is 0.000000519. The van der Waals surface area contributed by atoms with Gasteiger partial charge in [-0.3, -0.25) is 9.59 Å². The molecule has 194 valence electrons. The lowest BCUT2D eigenvalue weighted by molar-refractivity contribution is 0.104. The number of ether oxygens (including phenoxy) is 2. The Hall–Kier alpha value is -5.01. The number of para-hydroxylation sites is 2. The number of hydrogen-bond donors (Lipinski definition) is 0. The standard InChI is InChI=1S/C26H18O6S.C6H6/c27-25(19-11-15-23(16-12-19)31-21-7-3-1-4-8-21)33(29,30)26(28)20-13-17-24(18-14-20)32-22-9-5-2-6-10-22;1-2-4-6-5-3-1/h1-18H;1-6H. The number of carbonyl (C=O) groups excluding carboxylic acids is 2. The summed E-state index contributed by atoms with van der Waals surface area (Å²) in [6.07, 6.45) is 0. The monoisotopic (exact) mass is 536 g/mol. The maximum absolute atomic E-state index is 12.6. The molecule has 0 radical (unpaired) electrons. The van der Waals surface area contributed by atoms with Gasteiger partial charge < -0.3 is 9.47 Å². The normalized spacial score (nSPS) is 10.5. The van der Waals surface area contributed by atoms with Crippen LogP contribution in [-0.4, -0.2) is 18.6 Å². The Morgan fingerprint density at radius 1 is 0.385 bits per heavy atom. The fraction of sp³-hybridized carbons (Fsp3) is 0. The van der Waals surface area contributed by atoms with Gasteiger partial charge in [-0.2, -0.15) is 0 Å². The third-order valence-corrected chi connectivity index (χ3v) is 6.74. The molecule has 0 aliphatic rings. The van der Waals surface area contributed by atoms with Gasteiger partial charge in [-0.1, -0.05) is 72.8 Å². The highest BCUT2D eigenvalue weighted by Crippen LogP contribution is 2.24. The second-order valence-electron chi connectivity index (χ2n) is 8.11. The minimum atomic E-state index is -4.75. The summed E-state index contributed by atoms with van der Waals surface area (Å²) < 4.78 is 36.5. The molecular weight excluding hydrogens is 512 g/mol. The molecule has 0 heterocycles. The first kappa shape index (κ1) is 27.0. The van der Waals surface area contributed by atoms with Crippen LogP contribution in [0.1, 0.15) is 20.7 Å². The van der Waals surface area contributed by atoms with E-state index in [2.05, 4.69) is 0 Å². The Kier molecular flexibility index (Phi) is 9.00. The minimum Gasteiger partial charge on any atom is -0.457 e. The molecule has 5 aromatic carbocycles. The van der Waals surface area contributed by atoms with Crippen LogP contribution in [0.3, 0.4) is 0 Å². The molecule has 5 aromatic rings. The van der Waals surface area contributed by atoms with E-state index in [0.29, 0.717) is 23.0 Å². The van der Waals surface area contributed by atoms with E-state index in [0.717, 1.165) is 0 Å². The smallest absolute Gasteiger partial charge is 0.284 e. The summed E-state index contributed by atoms with van der Waals surface area (Å²) in [7, 11) is -4.75. The highest BCUT2D eigenvalue weighted by Gasteiger charge is 2.33. The van der Waals surface area contributed by atoms with E-state index in [9.17, 15) is 18.0 Å². The Morgan fingerprint density at radius 3 is 0.949 bits per heavy atom. The minimum absolute atomic E-state index is 0.132. The predicted octanol–water partition coefficient (Wildman–Crippen LogP) is 7.35. The second kappa shape index (κ2) is 13.0. The van der Waals surface area contributed by atoms with E-state index in [1.807, 2.05) is 72.8 Å². The summed E-state index contributed by atoms with van der Waals surface area (Å²) >= 11 is 0. The van der Waals surface area contributed by atoms with Crippen LogP contribution < -0.4 is 9.47 Å². The van der Waals surface area contributed by atoms with Crippen molar-refractivity contribution in [2.75, 3.05) is 0 Å². The first-order valence-corrected chi connectivity index (χ1v) is 13.4. The molecule has 0 bridgehead atoms. The number of benzene rings is 5. The van der Waals surface area contributed by atoms with E-state index >= 15 is 0 Å². The van der Waals surface area contributed by atoms with Gasteiger partial charge in [0.15, 0.2) is 0 Å². The van der Waals surface area contributed by atoms with Crippen LogP contribution in [0, 0.1) is 0 Å². The van der Waals surface area contributed by atoms with Crippen LogP contribution in [0.2, 0.25) is 0 Å². The molecule has 0 saturated carbocycles. The molecule has 0 amide bonds. The van der Waals surface area contributed by atoms with Gasteiger partial charge in [-0.25, -0.2) is 8.42 Å². The average molecular weight is 537 g/mol. The zero-order valence-corrected chi connectivity index (χ0v) is 21.5. The highest BCUT2D eigenvalue weighted by molar-refractivity contribution is 8.19. The lowest BCUT2D eigenvalue weighted by Gasteiger charge is -2.08. The third-order valence-electron chi connectivity index (χ3n) is 5.29. The van der Waals surface area contributed by atoms with Crippen LogP contribution in [0.25, 0.3) is 0 Å². The fourth-order valence-corrected chi connectivity index (χ4v) is 4.41. The maximum atomic E-state index is 12.6. The van der Waals surface area contributed by atoms with E-state index in [4.69, 9.17) is 9.47 Å². The SMILES string of the molecule is O=C(c1ccc(Oc2ccccc2)cc1)S(=O)(=O)C(=O)c1ccc(Oc2ccccc2)cc1.c1ccccc1. The van der Waals surface area contributed by atoms with Crippen molar-refractivity contribution in [3.63, 3.8) is 0 Å². The summed E-state index contributed by atoms with van der Waals surface area (Å²) in [5.74, 6) is 2.05. The predicted molar refractivity (Wildman–Crippen MR) is 150 cm³/mol. The van der Waals surface area contributed by atoms with Crippen molar-refractivity contribution in [1.29, 1.82) is 0 Å². The molecule has 0 fully saturated rings. The molecule has 0 aromatic heterocycles. The molecule has 0 aliphatic heterocycles. The van der Waals surface area contributed by atoms with Gasteiger partial charge in [-0.15, -0.1) is 0 Å². The molecule has 39 heavy (non-hydrogen) atoms. The lowest BCUT2D eigenvalue weighted by Crippen LogP contribution is -2.24. The quantitative estimate of drug-likeness (QED) is 0.225. The van der Waals surface area contributed by atoms with E-state index < -0.39 is 20.1 Å². The summed E-state index contributed by atoms with van der Waals surface area (Å²) in [5, 5.41) is -2.55. The first-order chi connectivity index (χ1) is 18.9. The van der Waals surface area contributed by atoms with Gasteiger partial charge in [0.05, 0.1) is 0 Å². The molecule has 0 N–H and O–H groups in total. The Bertz CT molecular complexity index is 1470. The average Bonchev–Trinajstić information content (AvgIpc) is 2.99. The van der Waals surface area contributed by atoms with Crippen molar-refractivity contribution in [3.05, 3.63) is 157 Å². The van der Waals surface area contributed by atoms with Crippen LogP contribution >= 0.6 is 0 Å². The maximum Gasteiger partial charge on any atom is 0.284 e. The molecule has 5 rings (SSSR count). The van der Waals surface area contributed by atoms with Gasteiger partial charge in [0.25, 0.3) is 20.1 Å². The molecular formula is C32H24O6S. The fourth-order valence-electron chi connectivity index (χ4n) is 3.35. The van der Waals surface area contributed by atoms with E-state index in [1.54, 1.807) is 24.3 Å². The molecule has 0 saturated heterocycles. The number of sulfone groups is 1. The summed E-state index contributed by atoms with van der Waals surface area (Å²) in [6.45, 7) is 0. The molecule has 7 heteroatoms. The Morgan fingerprint density at radius 2 is 0.641 bits per heavy atom. The molecule has 0 aliphatic carbocycles. The zero-order chi connectivity index (χ0) is 27.5. The van der Waals surface area contributed by atoms with E-state index in [-0.39, 0.29) is 11.1 Å². The van der Waals surface area contributed by atoms with Gasteiger partial charge in [0.2, 0.25) is 0 Å². The van der Waals surface area contributed by atoms with Gasteiger partial charge in [0, 0.05) is 11.1 Å². The van der Waals surface area contributed by atoms with Gasteiger partial charge in [-0.05, 0) is 72.8 Å². The van der Waals surface area contributed by atoms with Gasteiger partial charge in [0.1, 0.15) is 23.0 Å². The van der Waals surface area contributed by atoms with Crippen molar-refractivity contribution in [3.8, 4) is 23.0 Å². The molecule has 0 atom stereocenters. The molecule has 6 nitrogen and oxygen atoms in total. The Labute approximate surface area is 227 Å². The van der Waals surface area contributed by atoms with Crippen LogP contribution in [0.15, 0.2) is 146 Å².